The van der Waals surface area contributed by atoms with Gasteiger partial charge < -0.3 is 15.4 Å². The molecule has 2 N–H and O–H groups in total. The second-order valence-electron chi connectivity index (χ2n) is 11.1. The zero-order valence-electron chi connectivity index (χ0n) is 22.7. The second-order valence-corrected chi connectivity index (χ2v) is 11.9. The van der Waals surface area contributed by atoms with Gasteiger partial charge in [-0.2, -0.15) is 12.6 Å². The number of carbonyl (C=O) groups is 1. The van der Waals surface area contributed by atoms with E-state index in [0.29, 0.717) is 29.9 Å². The van der Waals surface area contributed by atoms with Gasteiger partial charge in [-0.3, -0.25) is 4.79 Å². The molecule has 2 aromatic rings. The van der Waals surface area contributed by atoms with E-state index >= 15 is 0 Å². The number of aryl methyl sites for hydroxylation is 1. The summed E-state index contributed by atoms with van der Waals surface area (Å²) in [6, 6.07) is 13.8. The third kappa shape index (κ3) is 7.95. The lowest BCUT2D eigenvalue weighted by atomic mass is 9.71. The van der Waals surface area contributed by atoms with Gasteiger partial charge in [0.2, 0.25) is 5.91 Å². The summed E-state index contributed by atoms with van der Waals surface area (Å²) in [4.78, 5) is 14.4. The van der Waals surface area contributed by atoms with Gasteiger partial charge in [-0.15, -0.1) is 0 Å². The van der Waals surface area contributed by atoms with Gasteiger partial charge in [-0.1, -0.05) is 49.2 Å². The van der Waals surface area contributed by atoms with E-state index in [2.05, 4.69) is 48.7 Å². The van der Waals surface area contributed by atoms with Crippen molar-refractivity contribution in [1.29, 1.82) is 0 Å². The van der Waals surface area contributed by atoms with E-state index in [1.807, 2.05) is 24.3 Å². The zero-order valence-corrected chi connectivity index (χ0v) is 24.3. The minimum atomic E-state index is -0.395. The minimum absolute atomic E-state index is 0.395. The number of rotatable bonds is 13. The van der Waals surface area contributed by atoms with E-state index in [0.717, 1.165) is 73.3 Å². The first-order valence-corrected chi connectivity index (χ1v) is 15.3. The molecule has 0 radical (unpaired) electrons. The summed E-state index contributed by atoms with van der Waals surface area (Å²) in [6.45, 7) is 4.86. The van der Waals surface area contributed by atoms with Crippen LogP contribution in [0.3, 0.4) is 0 Å². The molecule has 1 heterocycles. The molecular weight excluding hydrogens is 512 g/mol. The number of benzene rings is 2. The van der Waals surface area contributed by atoms with E-state index in [-0.39, 0.29) is 0 Å². The molecule has 4 nitrogen and oxygen atoms in total. The Balaban J connectivity index is 1.40. The van der Waals surface area contributed by atoms with E-state index < -0.39 is 5.91 Å². The van der Waals surface area contributed by atoms with Gasteiger partial charge in [0.05, 0.1) is 12.3 Å². The van der Waals surface area contributed by atoms with Crippen LogP contribution in [-0.2, 0) is 6.42 Å². The van der Waals surface area contributed by atoms with Gasteiger partial charge in [-0.05, 0) is 104 Å². The van der Waals surface area contributed by atoms with Crippen LogP contribution < -0.4 is 15.4 Å². The third-order valence-corrected chi connectivity index (χ3v) is 9.20. The summed E-state index contributed by atoms with van der Waals surface area (Å²) < 4.78 is 6.30. The van der Waals surface area contributed by atoms with Crippen LogP contribution in [0.15, 0.2) is 54.6 Å². The highest BCUT2D eigenvalue weighted by molar-refractivity contribution is 7.80. The number of nitrogens with two attached hydrogens (primary N) is 1. The Morgan fingerprint density at radius 2 is 2.05 bits per heavy atom. The first-order valence-electron chi connectivity index (χ1n) is 14.3. The van der Waals surface area contributed by atoms with Crippen LogP contribution in [0.5, 0.6) is 5.75 Å². The maximum atomic E-state index is 12.0. The number of hydrogen-bond acceptors (Lipinski definition) is 4. The summed E-state index contributed by atoms with van der Waals surface area (Å²) in [5.41, 5.74) is 8.48. The van der Waals surface area contributed by atoms with Crippen LogP contribution >= 0.6 is 24.2 Å². The normalized spacial score (nSPS) is 21.9. The molecule has 0 saturated heterocycles. The average Bonchev–Trinajstić information content (AvgIpc) is 3.07. The van der Waals surface area contributed by atoms with Crippen molar-refractivity contribution in [3.8, 4) is 5.75 Å². The molecule has 0 aromatic heterocycles. The first kappa shape index (κ1) is 28.9. The molecule has 1 amide bonds. The fourth-order valence-corrected chi connectivity index (χ4v) is 6.37. The van der Waals surface area contributed by atoms with Crippen LogP contribution in [-0.4, -0.2) is 31.4 Å². The van der Waals surface area contributed by atoms with Crippen LogP contribution in [0.1, 0.15) is 67.8 Å². The SMILES string of the molecule is CC[C@H](CS)C/C=C/C[C@@H]1CC[C@H]1CN1CC(CCCc2cccc(Cl)c2)COc2ccc(C(N)=O)cc21. The van der Waals surface area contributed by atoms with Crippen molar-refractivity contribution < 1.29 is 9.53 Å². The molecule has 4 atom stereocenters. The van der Waals surface area contributed by atoms with Gasteiger partial charge >= 0.3 is 0 Å². The van der Waals surface area contributed by atoms with Gasteiger partial charge in [-0.25, -0.2) is 0 Å². The number of thiol groups is 1. The summed E-state index contributed by atoms with van der Waals surface area (Å²) in [5, 5.41) is 0.795. The maximum Gasteiger partial charge on any atom is 0.248 e. The molecule has 2 aliphatic rings. The van der Waals surface area contributed by atoms with Gasteiger partial charge in [0.1, 0.15) is 5.75 Å². The van der Waals surface area contributed by atoms with Crippen molar-refractivity contribution >= 4 is 35.8 Å². The van der Waals surface area contributed by atoms with Crippen molar-refractivity contribution in [3.05, 3.63) is 70.8 Å². The standard InChI is InChI=1S/C32H43ClN2O2S/c1-2-23(22-38)7-3-4-11-26-13-14-28(26)20-35-19-25(10-5-8-24-9-6-12-29(33)17-24)21-37-31-16-15-27(32(34)36)18-30(31)35/h3-4,6,9,12,15-18,23,25-26,28,38H,2,5,7-8,10-11,13-14,19-22H2,1H3,(H2,34,36)/b4-3+/t23-,25?,26+,28-/m0/s1. The smallest absolute Gasteiger partial charge is 0.248 e. The third-order valence-electron chi connectivity index (χ3n) is 8.44. The number of primary amides is 1. The molecule has 2 aromatic carbocycles. The van der Waals surface area contributed by atoms with Crippen molar-refractivity contribution in [1.82, 2.24) is 0 Å². The predicted octanol–water partition coefficient (Wildman–Crippen LogP) is 7.60. The molecule has 206 valence electrons. The highest BCUT2D eigenvalue weighted by Crippen LogP contribution is 2.41. The molecule has 1 saturated carbocycles. The number of allylic oxidation sites excluding steroid dienone is 2. The minimum Gasteiger partial charge on any atom is -0.491 e. The summed E-state index contributed by atoms with van der Waals surface area (Å²) in [6.07, 6.45) is 14.0. The first-order chi connectivity index (χ1) is 18.5. The Labute approximate surface area is 239 Å². The molecule has 6 heteroatoms. The Kier molecular flexibility index (Phi) is 10.9. The number of ether oxygens (including phenoxy) is 1. The largest absolute Gasteiger partial charge is 0.491 e. The van der Waals surface area contributed by atoms with E-state index in [9.17, 15) is 4.79 Å². The van der Waals surface area contributed by atoms with E-state index in [1.54, 1.807) is 6.07 Å². The summed E-state index contributed by atoms with van der Waals surface area (Å²) in [5.74, 6) is 3.89. The van der Waals surface area contributed by atoms with Gasteiger partial charge in [0.15, 0.2) is 0 Å². The number of carbonyl (C=O) groups excluding carboxylic acids is 1. The molecular formula is C32H43ClN2O2S. The molecule has 4 rings (SSSR count). The van der Waals surface area contributed by atoms with Crippen LogP contribution in [0.25, 0.3) is 0 Å². The lowest BCUT2D eigenvalue weighted by molar-refractivity contribution is 0.1000. The van der Waals surface area contributed by atoms with E-state index in [1.165, 1.54) is 24.8 Å². The summed E-state index contributed by atoms with van der Waals surface area (Å²) in [7, 11) is 0. The average molecular weight is 555 g/mol. The molecule has 1 aliphatic carbocycles. The highest BCUT2D eigenvalue weighted by Gasteiger charge is 2.33. The lowest BCUT2D eigenvalue weighted by Crippen LogP contribution is -2.40. The maximum absolute atomic E-state index is 12.0. The Morgan fingerprint density at radius 1 is 1.21 bits per heavy atom. The van der Waals surface area contributed by atoms with Crippen molar-refractivity contribution in [2.24, 2.45) is 29.4 Å². The Hall–Kier alpha value is -2.11. The second kappa shape index (κ2) is 14.3. The van der Waals surface area contributed by atoms with Crippen LogP contribution in [0.4, 0.5) is 5.69 Å². The van der Waals surface area contributed by atoms with Crippen LogP contribution in [0.2, 0.25) is 5.02 Å². The van der Waals surface area contributed by atoms with Gasteiger partial charge in [0.25, 0.3) is 0 Å². The topological polar surface area (TPSA) is 55.6 Å². The Morgan fingerprint density at radius 3 is 2.76 bits per heavy atom. The zero-order chi connectivity index (χ0) is 26.9. The fourth-order valence-electron chi connectivity index (χ4n) is 5.75. The molecule has 1 aliphatic heterocycles. The van der Waals surface area contributed by atoms with E-state index in [4.69, 9.17) is 22.1 Å². The molecule has 0 bridgehead atoms. The number of nitrogens with zero attached hydrogens (tertiary/aromatic N) is 1. The number of anilines is 1. The highest BCUT2D eigenvalue weighted by atomic mass is 35.5. The van der Waals surface area contributed by atoms with Crippen molar-refractivity contribution in [2.75, 3.05) is 30.3 Å². The van der Waals surface area contributed by atoms with Crippen molar-refractivity contribution in [3.63, 3.8) is 0 Å². The summed E-state index contributed by atoms with van der Waals surface area (Å²) >= 11 is 10.7. The number of fused-ring (bicyclic) bond motifs is 1. The number of hydrogen-bond donors (Lipinski definition) is 2. The molecule has 1 unspecified atom stereocenters. The van der Waals surface area contributed by atoms with Crippen LogP contribution in [0, 0.1) is 23.7 Å². The monoisotopic (exact) mass is 554 g/mol. The molecule has 1 fully saturated rings. The van der Waals surface area contributed by atoms with Gasteiger partial charge in [0, 0.05) is 29.6 Å². The fraction of sp³-hybridized carbons (Fsp3) is 0.531. The number of amides is 1. The number of halogens is 1. The molecule has 38 heavy (non-hydrogen) atoms. The van der Waals surface area contributed by atoms with Crippen molar-refractivity contribution in [2.45, 2.75) is 58.3 Å². The lowest BCUT2D eigenvalue weighted by Gasteiger charge is -2.41. The molecule has 0 spiro atoms. The Bertz CT molecular complexity index is 1090. The quantitative estimate of drug-likeness (QED) is 0.198. The predicted molar refractivity (Wildman–Crippen MR) is 163 cm³/mol.